The van der Waals surface area contributed by atoms with Crippen molar-refractivity contribution in [1.82, 2.24) is 29.4 Å². The van der Waals surface area contributed by atoms with E-state index in [4.69, 9.17) is 4.98 Å². The Morgan fingerprint density at radius 2 is 2.00 bits per heavy atom. The van der Waals surface area contributed by atoms with Crippen molar-refractivity contribution < 1.29 is 4.79 Å². The van der Waals surface area contributed by atoms with E-state index in [1.165, 1.54) is 5.69 Å². The molecule has 0 atom stereocenters. The summed E-state index contributed by atoms with van der Waals surface area (Å²) in [5.74, 6) is 1.37. The van der Waals surface area contributed by atoms with E-state index in [1.807, 2.05) is 25.7 Å². The van der Waals surface area contributed by atoms with Crippen molar-refractivity contribution in [1.29, 1.82) is 0 Å². The fraction of sp³-hybridized carbons (Fsp3) is 0.647. The summed E-state index contributed by atoms with van der Waals surface area (Å²) in [5.41, 5.74) is 2.45. The Balaban J connectivity index is 1.81. The Morgan fingerprint density at radius 3 is 2.58 bits per heavy atom. The maximum Gasteiger partial charge on any atom is 0.276 e. The lowest BCUT2D eigenvalue weighted by atomic mass is 10.1. The van der Waals surface area contributed by atoms with Crippen LogP contribution in [0.2, 0.25) is 0 Å². The number of carbonyl (C=O) groups is 1. The molecule has 2 aromatic heterocycles. The number of fused-ring (bicyclic) bond motifs is 1. The van der Waals surface area contributed by atoms with Crippen LogP contribution < -0.4 is 0 Å². The molecule has 1 amide bonds. The van der Waals surface area contributed by atoms with Gasteiger partial charge in [-0.2, -0.15) is 0 Å². The van der Waals surface area contributed by atoms with E-state index in [0.29, 0.717) is 24.7 Å². The van der Waals surface area contributed by atoms with Crippen molar-refractivity contribution in [2.24, 2.45) is 7.05 Å². The van der Waals surface area contributed by atoms with Crippen LogP contribution in [0.15, 0.2) is 6.20 Å². The first-order chi connectivity index (χ1) is 11.2. The van der Waals surface area contributed by atoms with Crippen molar-refractivity contribution in [3.8, 4) is 0 Å². The Kier molecular flexibility index (Phi) is 3.97. The molecule has 7 nitrogen and oxygen atoms in total. The molecule has 0 saturated carbocycles. The Morgan fingerprint density at radius 1 is 1.29 bits per heavy atom. The van der Waals surface area contributed by atoms with E-state index >= 15 is 0 Å². The molecule has 0 aromatic carbocycles. The van der Waals surface area contributed by atoms with Gasteiger partial charge in [0, 0.05) is 31.6 Å². The molecule has 1 aliphatic heterocycles. The first kappa shape index (κ1) is 16.7. The minimum atomic E-state index is -0.187. The van der Waals surface area contributed by atoms with Gasteiger partial charge < -0.3 is 9.47 Å². The standard InChI is InChI=1S/C17H26N6O/c1-11(2)15-18-12-9-22(8-7-14(12)21(15)6)16(24)13-10-23(20-19-13)17(3,4)5/h10-11H,7-9H2,1-6H3. The summed E-state index contributed by atoms with van der Waals surface area (Å²) < 4.78 is 3.91. The highest BCUT2D eigenvalue weighted by Gasteiger charge is 2.28. The molecule has 0 spiro atoms. The molecule has 7 heteroatoms. The van der Waals surface area contributed by atoms with Gasteiger partial charge in [-0.1, -0.05) is 19.1 Å². The Bertz CT molecular complexity index is 765. The van der Waals surface area contributed by atoms with Gasteiger partial charge >= 0.3 is 0 Å². The van der Waals surface area contributed by atoms with E-state index in [9.17, 15) is 4.79 Å². The van der Waals surface area contributed by atoms with Gasteiger partial charge in [0.25, 0.3) is 5.91 Å². The van der Waals surface area contributed by atoms with Crippen LogP contribution in [0, 0.1) is 0 Å². The van der Waals surface area contributed by atoms with Crippen molar-refractivity contribution in [3.63, 3.8) is 0 Å². The maximum absolute atomic E-state index is 12.8. The zero-order valence-electron chi connectivity index (χ0n) is 15.4. The highest BCUT2D eigenvalue weighted by Crippen LogP contribution is 2.24. The third kappa shape index (κ3) is 2.83. The lowest BCUT2D eigenvalue weighted by molar-refractivity contribution is 0.0725. The van der Waals surface area contributed by atoms with Crippen LogP contribution in [-0.2, 0) is 25.6 Å². The van der Waals surface area contributed by atoms with Gasteiger partial charge in [-0.3, -0.25) is 4.79 Å². The molecule has 3 heterocycles. The van der Waals surface area contributed by atoms with Gasteiger partial charge in [0.05, 0.1) is 24.0 Å². The second kappa shape index (κ2) is 5.72. The smallest absolute Gasteiger partial charge is 0.276 e. The summed E-state index contributed by atoms with van der Waals surface area (Å²) in [6.07, 6.45) is 2.56. The average Bonchev–Trinajstić information content (AvgIpc) is 3.11. The summed E-state index contributed by atoms with van der Waals surface area (Å²) >= 11 is 0. The van der Waals surface area contributed by atoms with Gasteiger partial charge in [0.15, 0.2) is 5.69 Å². The highest BCUT2D eigenvalue weighted by molar-refractivity contribution is 5.92. The maximum atomic E-state index is 12.8. The molecule has 0 radical (unpaired) electrons. The Labute approximate surface area is 142 Å². The number of hydrogen-bond acceptors (Lipinski definition) is 4. The average molecular weight is 330 g/mol. The third-order valence-corrected chi connectivity index (χ3v) is 4.49. The summed E-state index contributed by atoms with van der Waals surface area (Å²) in [6, 6.07) is 0. The first-order valence-electron chi connectivity index (χ1n) is 8.45. The van der Waals surface area contributed by atoms with E-state index in [1.54, 1.807) is 10.9 Å². The number of nitrogens with zero attached hydrogens (tertiary/aromatic N) is 6. The van der Waals surface area contributed by atoms with E-state index in [-0.39, 0.29) is 11.4 Å². The third-order valence-electron chi connectivity index (χ3n) is 4.49. The number of amides is 1. The summed E-state index contributed by atoms with van der Waals surface area (Å²) in [6.45, 7) is 11.6. The largest absolute Gasteiger partial charge is 0.334 e. The molecular weight excluding hydrogens is 304 g/mol. The summed E-state index contributed by atoms with van der Waals surface area (Å²) in [7, 11) is 2.06. The van der Waals surface area contributed by atoms with Gasteiger partial charge in [0.2, 0.25) is 0 Å². The van der Waals surface area contributed by atoms with Crippen LogP contribution in [-0.4, -0.2) is 41.9 Å². The predicted octanol–water partition coefficient (Wildman–Crippen LogP) is 2.09. The minimum absolute atomic E-state index is 0.0760. The molecule has 24 heavy (non-hydrogen) atoms. The molecule has 2 aromatic rings. The number of rotatable bonds is 2. The fourth-order valence-corrected chi connectivity index (χ4v) is 3.09. The molecule has 0 bridgehead atoms. The molecule has 3 rings (SSSR count). The fourth-order valence-electron chi connectivity index (χ4n) is 3.09. The Hall–Kier alpha value is -2.18. The number of hydrogen-bond donors (Lipinski definition) is 0. The lowest BCUT2D eigenvalue weighted by Crippen LogP contribution is -2.36. The number of imidazole rings is 1. The molecular formula is C17H26N6O. The van der Waals surface area contributed by atoms with Crippen LogP contribution in [0.3, 0.4) is 0 Å². The second-order valence-electron chi connectivity index (χ2n) is 7.77. The topological polar surface area (TPSA) is 68.8 Å². The summed E-state index contributed by atoms with van der Waals surface area (Å²) in [4.78, 5) is 19.3. The van der Waals surface area contributed by atoms with E-state index < -0.39 is 0 Å². The van der Waals surface area contributed by atoms with Crippen molar-refractivity contribution in [2.75, 3.05) is 6.54 Å². The van der Waals surface area contributed by atoms with Crippen molar-refractivity contribution in [3.05, 3.63) is 29.1 Å². The van der Waals surface area contributed by atoms with Gasteiger partial charge in [-0.15, -0.1) is 5.10 Å². The lowest BCUT2D eigenvalue weighted by Gasteiger charge is -2.26. The van der Waals surface area contributed by atoms with Gasteiger partial charge in [-0.25, -0.2) is 9.67 Å². The zero-order chi connectivity index (χ0) is 17.6. The first-order valence-corrected chi connectivity index (χ1v) is 8.45. The van der Waals surface area contributed by atoms with Crippen molar-refractivity contribution in [2.45, 2.75) is 59.0 Å². The zero-order valence-corrected chi connectivity index (χ0v) is 15.4. The van der Waals surface area contributed by atoms with Crippen LogP contribution in [0.25, 0.3) is 0 Å². The second-order valence-corrected chi connectivity index (χ2v) is 7.77. The molecule has 130 valence electrons. The molecule has 1 aliphatic rings. The monoisotopic (exact) mass is 330 g/mol. The SMILES string of the molecule is CC(C)c1nc2c(n1C)CCN(C(=O)c1cn(C(C)(C)C)nn1)C2. The predicted molar refractivity (Wildman–Crippen MR) is 90.8 cm³/mol. The van der Waals surface area contributed by atoms with Gasteiger partial charge in [0.1, 0.15) is 5.82 Å². The minimum Gasteiger partial charge on any atom is -0.334 e. The van der Waals surface area contributed by atoms with Crippen LogP contribution in [0.5, 0.6) is 0 Å². The van der Waals surface area contributed by atoms with Crippen molar-refractivity contribution >= 4 is 5.91 Å². The van der Waals surface area contributed by atoms with Crippen LogP contribution in [0.1, 0.15) is 68.2 Å². The van der Waals surface area contributed by atoms with Crippen LogP contribution >= 0.6 is 0 Å². The van der Waals surface area contributed by atoms with Gasteiger partial charge in [-0.05, 0) is 20.8 Å². The normalized spacial score (nSPS) is 15.0. The molecule has 0 fully saturated rings. The number of carbonyl (C=O) groups excluding carboxylic acids is 1. The highest BCUT2D eigenvalue weighted by atomic mass is 16.2. The molecule has 0 N–H and O–H groups in total. The van der Waals surface area contributed by atoms with E-state index in [0.717, 1.165) is 17.9 Å². The molecule has 0 saturated heterocycles. The summed E-state index contributed by atoms with van der Waals surface area (Å²) in [5, 5.41) is 8.15. The number of aromatic nitrogens is 5. The molecule has 0 unspecified atom stereocenters. The van der Waals surface area contributed by atoms with E-state index in [2.05, 4.69) is 35.8 Å². The quantitative estimate of drug-likeness (QED) is 0.845. The van der Waals surface area contributed by atoms with Crippen LogP contribution in [0.4, 0.5) is 0 Å². The molecule has 0 aliphatic carbocycles.